The summed E-state index contributed by atoms with van der Waals surface area (Å²) in [5.74, 6) is 0.761. The summed E-state index contributed by atoms with van der Waals surface area (Å²) < 4.78 is 2.04. The van der Waals surface area contributed by atoms with Crippen molar-refractivity contribution in [1.82, 2.24) is 19.8 Å². The van der Waals surface area contributed by atoms with Crippen LogP contribution < -0.4 is 5.32 Å². The van der Waals surface area contributed by atoms with Crippen molar-refractivity contribution >= 4 is 11.8 Å². The van der Waals surface area contributed by atoms with Crippen LogP contribution in [0, 0.1) is 0 Å². The summed E-state index contributed by atoms with van der Waals surface area (Å²) in [5.41, 5.74) is 1.20. The molecule has 1 atom stereocenters. The number of carbonyl (C=O) groups excluding carboxylic acids is 2. The quantitative estimate of drug-likeness (QED) is 0.850. The average Bonchev–Trinajstić information content (AvgIpc) is 3.31. The molecule has 0 bridgehead atoms. The number of phenolic OH excluding ortho intramolecular Hbond substituents is 1. The van der Waals surface area contributed by atoms with Crippen LogP contribution in [0.25, 0.3) is 0 Å². The van der Waals surface area contributed by atoms with Crippen molar-refractivity contribution in [3.05, 3.63) is 47.5 Å². The number of aromatic nitrogens is 2. The number of hydrogen-bond donors (Lipinski definition) is 2. The van der Waals surface area contributed by atoms with Crippen LogP contribution >= 0.6 is 0 Å². The van der Waals surface area contributed by atoms with Gasteiger partial charge in [-0.15, -0.1) is 0 Å². The van der Waals surface area contributed by atoms with Crippen LogP contribution in [-0.2, 0) is 17.8 Å². The van der Waals surface area contributed by atoms with Crippen LogP contribution in [0.15, 0.2) is 30.5 Å². The number of nitrogens with zero attached hydrogens (tertiary/aromatic N) is 3. The normalized spacial score (nSPS) is 19.5. The van der Waals surface area contributed by atoms with Gasteiger partial charge in [-0.1, -0.05) is 18.9 Å². The molecule has 4 rings (SSSR count). The maximum absolute atomic E-state index is 12.9. The Hall–Kier alpha value is -2.83. The van der Waals surface area contributed by atoms with Crippen molar-refractivity contribution in [1.29, 1.82) is 0 Å². The first-order chi connectivity index (χ1) is 13.5. The second-order valence-electron chi connectivity index (χ2n) is 7.73. The van der Waals surface area contributed by atoms with Crippen molar-refractivity contribution in [2.45, 2.75) is 57.7 Å². The lowest BCUT2D eigenvalue weighted by atomic mass is 10.1. The summed E-state index contributed by atoms with van der Waals surface area (Å²) in [5, 5.41) is 12.7. The van der Waals surface area contributed by atoms with Crippen LogP contribution in [-0.4, -0.2) is 44.0 Å². The molecule has 1 aromatic carbocycles. The number of nitrogens with one attached hydrogen (secondary N) is 1. The Kier molecular flexibility index (Phi) is 5.07. The highest BCUT2D eigenvalue weighted by atomic mass is 16.3. The summed E-state index contributed by atoms with van der Waals surface area (Å²) in [6.07, 6.45) is 6.69. The maximum Gasteiger partial charge on any atom is 0.254 e. The number of rotatable bonds is 4. The van der Waals surface area contributed by atoms with Crippen molar-refractivity contribution < 1.29 is 14.7 Å². The molecule has 148 valence electrons. The van der Waals surface area contributed by atoms with Gasteiger partial charge < -0.3 is 19.9 Å². The van der Waals surface area contributed by atoms with Gasteiger partial charge in [-0.05, 0) is 38.0 Å². The second kappa shape index (κ2) is 7.66. The van der Waals surface area contributed by atoms with E-state index in [9.17, 15) is 14.7 Å². The molecule has 0 saturated heterocycles. The van der Waals surface area contributed by atoms with Crippen LogP contribution in [0.5, 0.6) is 5.75 Å². The molecule has 0 unspecified atom stereocenters. The number of fused-ring (bicyclic) bond motifs is 1. The minimum absolute atomic E-state index is 0.0164. The Morgan fingerprint density at radius 3 is 2.79 bits per heavy atom. The largest absolute Gasteiger partial charge is 0.508 e. The molecule has 7 heteroatoms. The molecule has 7 nitrogen and oxygen atoms in total. The molecule has 1 saturated carbocycles. The molecule has 2 aliphatic rings. The number of carbonyl (C=O) groups is 2. The van der Waals surface area contributed by atoms with E-state index in [2.05, 4.69) is 10.3 Å². The third kappa shape index (κ3) is 3.74. The van der Waals surface area contributed by atoms with E-state index in [1.807, 2.05) is 17.7 Å². The van der Waals surface area contributed by atoms with Crippen LogP contribution in [0.2, 0.25) is 0 Å². The molecule has 2 amide bonds. The molecule has 2 heterocycles. The number of hydrogen-bond acceptors (Lipinski definition) is 4. The minimum Gasteiger partial charge on any atom is -0.508 e. The van der Waals surface area contributed by atoms with E-state index < -0.39 is 0 Å². The second-order valence-corrected chi connectivity index (χ2v) is 7.73. The van der Waals surface area contributed by atoms with Gasteiger partial charge in [0.1, 0.15) is 11.6 Å². The fourth-order valence-electron chi connectivity index (χ4n) is 4.23. The van der Waals surface area contributed by atoms with Gasteiger partial charge in [-0.2, -0.15) is 0 Å². The van der Waals surface area contributed by atoms with Crippen molar-refractivity contribution in [3.63, 3.8) is 0 Å². The lowest BCUT2D eigenvalue weighted by Crippen LogP contribution is -2.41. The summed E-state index contributed by atoms with van der Waals surface area (Å²) in [7, 11) is 0. The van der Waals surface area contributed by atoms with E-state index in [0.29, 0.717) is 24.7 Å². The number of amides is 2. The zero-order valence-corrected chi connectivity index (χ0v) is 16.1. The van der Waals surface area contributed by atoms with Gasteiger partial charge >= 0.3 is 0 Å². The summed E-state index contributed by atoms with van der Waals surface area (Å²) in [6, 6.07) is 6.50. The van der Waals surface area contributed by atoms with Gasteiger partial charge in [0.15, 0.2) is 0 Å². The smallest absolute Gasteiger partial charge is 0.254 e. The van der Waals surface area contributed by atoms with Gasteiger partial charge in [-0.3, -0.25) is 9.59 Å². The molecule has 0 radical (unpaired) electrons. The minimum atomic E-state index is -0.199. The van der Waals surface area contributed by atoms with Gasteiger partial charge in [0.25, 0.3) is 5.91 Å². The number of imidazole rings is 1. The molecular weight excluding hydrogens is 356 g/mol. The Labute approximate surface area is 164 Å². The van der Waals surface area contributed by atoms with Crippen LogP contribution in [0.4, 0.5) is 0 Å². The summed E-state index contributed by atoms with van der Waals surface area (Å²) >= 11 is 0. The molecule has 2 aromatic rings. The fraction of sp³-hybridized carbons (Fsp3) is 0.476. The Bertz CT molecular complexity index is 886. The van der Waals surface area contributed by atoms with E-state index in [0.717, 1.165) is 24.4 Å². The number of aromatic hydroxyl groups is 1. The van der Waals surface area contributed by atoms with Crippen LogP contribution in [0.3, 0.4) is 0 Å². The van der Waals surface area contributed by atoms with Gasteiger partial charge in [0.2, 0.25) is 5.91 Å². The molecular formula is C21H26N4O3. The van der Waals surface area contributed by atoms with Crippen molar-refractivity contribution in [3.8, 4) is 5.75 Å². The van der Waals surface area contributed by atoms with E-state index in [1.165, 1.54) is 18.9 Å². The van der Waals surface area contributed by atoms with E-state index >= 15 is 0 Å². The maximum atomic E-state index is 12.9. The Balaban J connectivity index is 1.45. The molecule has 1 aliphatic heterocycles. The first kappa shape index (κ1) is 18.5. The Morgan fingerprint density at radius 2 is 2.04 bits per heavy atom. The zero-order valence-electron chi connectivity index (χ0n) is 16.1. The van der Waals surface area contributed by atoms with Crippen LogP contribution in [0.1, 0.15) is 60.5 Å². The fourth-order valence-corrected chi connectivity index (χ4v) is 4.23. The SMILES string of the molecule is C[C@H]1c2nc(CC(=O)NC3CCCC3)cn2CCN1C(=O)c1cccc(O)c1. The highest BCUT2D eigenvalue weighted by molar-refractivity contribution is 5.94. The van der Waals surface area contributed by atoms with E-state index in [4.69, 9.17) is 0 Å². The first-order valence-electron chi connectivity index (χ1n) is 9.96. The first-order valence-corrected chi connectivity index (χ1v) is 9.96. The molecule has 28 heavy (non-hydrogen) atoms. The molecule has 2 N–H and O–H groups in total. The molecule has 1 aliphatic carbocycles. The summed E-state index contributed by atoms with van der Waals surface area (Å²) in [6.45, 7) is 3.15. The zero-order chi connectivity index (χ0) is 19.7. The monoisotopic (exact) mass is 382 g/mol. The molecule has 1 fully saturated rings. The van der Waals surface area contributed by atoms with Gasteiger partial charge in [-0.25, -0.2) is 4.98 Å². The topological polar surface area (TPSA) is 87.5 Å². The lowest BCUT2D eigenvalue weighted by Gasteiger charge is -2.33. The van der Waals surface area contributed by atoms with Crippen molar-refractivity contribution in [2.24, 2.45) is 0 Å². The lowest BCUT2D eigenvalue weighted by molar-refractivity contribution is -0.121. The van der Waals surface area contributed by atoms with Gasteiger partial charge in [0.05, 0.1) is 18.2 Å². The average molecular weight is 382 g/mol. The number of benzene rings is 1. The van der Waals surface area contributed by atoms with Crippen molar-refractivity contribution in [2.75, 3.05) is 6.54 Å². The Morgan fingerprint density at radius 1 is 1.25 bits per heavy atom. The van der Waals surface area contributed by atoms with E-state index in [-0.39, 0.29) is 30.0 Å². The van der Waals surface area contributed by atoms with Gasteiger partial charge in [0, 0.05) is 30.9 Å². The number of phenols is 1. The third-order valence-corrected chi connectivity index (χ3v) is 5.70. The molecule has 0 spiro atoms. The van der Waals surface area contributed by atoms with E-state index in [1.54, 1.807) is 23.1 Å². The highest BCUT2D eigenvalue weighted by Crippen LogP contribution is 2.27. The standard InChI is InChI=1S/C21H26N4O3/c1-14-20-23-17(12-19(27)22-16-6-2-3-7-16)13-24(20)9-10-25(14)21(28)15-5-4-8-18(26)11-15/h4-5,8,11,13-14,16,26H,2-3,6-7,9-10,12H2,1H3,(H,22,27)/t14-/m0/s1. The summed E-state index contributed by atoms with van der Waals surface area (Å²) in [4.78, 5) is 31.6. The molecule has 1 aromatic heterocycles. The predicted octanol–water partition coefficient (Wildman–Crippen LogP) is 2.41. The highest BCUT2D eigenvalue weighted by Gasteiger charge is 2.30. The third-order valence-electron chi connectivity index (χ3n) is 5.70. The predicted molar refractivity (Wildman–Crippen MR) is 104 cm³/mol.